The molecule has 0 bridgehead atoms. The highest BCUT2D eigenvalue weighted by molar-refractivity contribution is 5.81. The number of fused-ring (bicyclic) bond motifs is 4. The van der Waals surface area contributed by atoms with Crippen LogP contribution >= 0.6 is 0 Å². The molecule has 3 aromatic rings. The average molecular weight is 321 g/mol. The monoisotopic (exact) mass is 321 g/mol. The summed E-state index contributed by atoms with van der Waals surface area (Å²) in [6, 6.07) is 10.9. The maximum Gasteiger partial charge on any atom is 0.178 e. The number of nitrogens with zero attached hydrogens (tertiary/aromatic N) is 1. The Morgan fingerprint density at radius 2 is 1.88 bits per heavy atom. The molecular formula is C21H23NO2. The maximum atomic E-state index is 6.25. The van der Waals surface area contributed by atoms with Crippen LogP contribution in [0, 0.1) is 6.92 Å². The maximum absolute atomic E-state index is 6.25. The van der Waals surface area contributed by atoms with E-state index in [1.807, 2.05) is 6.07 Å². The van der Waals surface area contributed by atoms with E-state index < -0.39 is 0 Å². The van der Waals surface area contributed by atoms with Crippen molar-refractivity contribution in [2.24, 2.45) is 0 Å². The minimum Gasteiger partial charge on any atom is -0.460 e. The molecule has 2 aliphatic rings. The van der Waals surface area contributed by atoms with Crippen LogP contribution in [0.4, 0.5) is 5.69 Å². The number of benzene rings is 1. The Balaban J connectivity index is 1.78. The number of furan rings is 2. The first-order chi connectivity index (χ1) is 11.7. The topological polar surface area (TPSA) is 29.5 Å². The van der Waals surface area contributed by atoms with Gasteiger partial charge in [-0.15, -0.1) is 0 Å². The van der Waals surface area contributed by atoms with Crippen LogP contribution < -0.4 is 4.90 Å². The van der Waals surface area contributed by atoms with Crippen LogP contribution in [0.2, 0.25) is 0 Å². The first kappa shape index (κ1) is 14.2. The van der Waals surface area contributed by atoms with Gasteiger partial charge in [0.25, 0.3) is 0 Å². The fourth-order valence-corrected chi connectivity index (χ4v) is 5.09. The van der Waals surface area contributed by atoms with Gasteiger partial charge >= 0.3 is 0 Å². The molecule has 1 saturated carbocycles. The zero-order valence-electron chi connectivity index (χ0n) is 14.3. The summed E-state index contributed by atoms with van der Waals surface area (Å²) in [5, 5.41) is 0. The van der Waals surface area contributed by atoms with E-state index >= 15 is 0 Å². The normalized spacial score (nSPS) is 22.4. The van der Waals surface area contributed by atoms with Gasteiger partial charge in [-0.3, -0.25) is 0 Å². The molecule has 1 spiro atoms. The molecule has 5 rings (SSSR count). The number of hydrogen-bond donors (Lipinski definition) is 0. The predicted octanol–water partition coefficient (Wildman–Crippen LogP) is 6.07. The zero-order chi connectivity index (χ0) is 16.3. The molecule has 1 atom stereocenters. The second kappa shape index (κ2) is 4.92. The third-order valence-corrected chi connectivity index (χ3v) is 6.07. The molecule has 124 valence electrons. The van der Waals surface area contributed by atoms with Gasteiger partial charge in [-0.05, 0) is 38.3 Å². The fraction of sp³-hybridized carbons (Fsp3) is 0.429. The molecule has 0 N–H and O–H groups in total. The Morgan fingerprint density at radius 1 is 1.08 bits per heavy atom. The van der Waals surface area contributed by atoms with Crippen molar-refractivity contribution in [3.63, 3.8) is 0 Å². The van der Waals surface area contributed by atoms with E-state index in [4.69, 9.17) is 8.83 Å². The smallest absolute Gasteiger partial charge is 0.178 e. The predicted molar refractivity (Wildman–Crippen MR) is 95.3 cm³/mol. The fourth-order valence-electron chi connectivity index (χ4n) is 5.09. The molecule has 1 aromatic carbocycles. The molecule has 3 heteroatoms. The summed E-state index contributed by atoms with van der Waals surface area (Å²) < 4.78 is 12.1. The zero-order valence-corrected chi connectivity index (χ0v) is 14.3. The first-order valence-electron chi connectivity index (χ1n) is 9.08. The highest BCUT2D eigenvalue weighted by Crippen LogP contribution is 2.58. The average Bonchev–Trinajstić information content (AvgIpc) is 3.22. The van der Waals surface area contributed by atoms with E-state index in [9.17, 15) is 0 Å². The van der Waals surface area contributed by atoms with E-state index in [1.165, 1.54) is 48.9 Å². The van der Waals surface area contributed by atoms with Crippen LogP contribution in [0.3, 0.4) is 0 Å². The quantitative estimate of drug-likeness (QED) is 0.544. The molecule has 0 amide bonds. The molecule has 24 heavy (non-hydrogen) atoms. The van der Waals surface area contributed by atoms with Gasteiger partial charge in [-0.25, -0.2) is 0 Å². The van der Waals surface area contributed by atoms with Crippen molar-refractivity contribution < 1.29 is 8.83 Å². The van der Waals surface area contributed by atoms with Crippen molar-refractivity contribution in [2.75, 3.05) is 4.90 Å². The molecule has 1 aliphatic carbocycles. The van der Waals surface area contributed by atoms with Crippen molar-refractivity contribution in [1.82, 2.24) is 0 Å². The lowest BCUT2D eigenvalue weighted by Crippen LogP contribution is -2.44. The molecule has 2 aromatic heterocycles. The second-order valence-corrected chi connectivity index (χ2v) is 7.38. The summed E-state index contributed by atoms with van der Waals surface area (Å²) in [6.07, 6.45) is 7.96. The third-order valence-electron chi connectivity index (χ3n) is 6.07. The van der Waals surface area contributed by atoms with Crippen LogP contribution in [0.5, 0.6) is 0 Å². The minimum absolute atomic E-state index is 0.0161. The van der Waals surface area contributed by atoms with Crippen molar-refractivity contribution >= 4 is 16.9 Å². The molecule has 1 aliphatic heterocycles. The summed E-state index contributed by atoms with van der Waals surface area (Å²) in [6.45, 7) is 4.48. The lowest BCUT2D eigenvalue weighted by Gasteiger charge is -2.45. The Labute approximate surface area is 142 Å². The lowest BCUT2D eigenvalue weighted by molar-refractivity contribution is 0.283. The Hall–Kier alpha value is -2.16. The summed E-state index contributed by atoms with van der Waals surface area (Å²) in [5.74, 6) is 1.11. The standard InChI is InChI=1S/C21H23NO2/c1-14-8-4-5-9-16(14)22-15(2)19-18(20-17(24-19)10-13-23-20)21(22)11-6-3-7-12-21/h4-5,8-10,13,15H,3,6-7,11-12H2,1-2H3/t15-/m0/s1. The van der Waals surface area contributed by atoms with E-state index in [0.717, 1.165) is 16.9 Å². The molecule has 1 fully saturated rings. The molecule has 3 nitrogen and oxygen atoms in total. The molecule has 0 unspecified atom stereocenters. The van der Waals surface area contributed by atoms with Crippen LogP contribution in [0.1, 0.15) is 62.0 Å². The van der Waals surface area contributed by atoms with Gasteiger partial charge in [0.1, 0.15) is 5.76 Å². The minimum atomic E-state index is 0.0161. The van der Waals surface area contributed by atoms with Crippen LogP contribution in [-0.4, -0.2) is 0 Å². The first-order valence-corrected chi connectivity index (χ1v) is 9.08. The molecular weight excluding hydrogens is 298 g/mol. The van der Waals surface area contributed by atoms with Gasteiger partial charge in [0.05, 0.1) is 23.4 Å². The Morgan fingerprint density at radius 3 is 2.67 bits per heavy atom. The summed E-state index contributed by atoms with van der Waals surface area (Å²) in [7, 11) is 0. The highest BCUT2D eigenvalue weighted by atomic mass is 16.4. The number of hydrogen-bond acceptors (Lipinski definition) is 3. The third kappa shape index (κ3) is 1.68. The highest BCUT2D eigenvalue weighted by Gasteiger charge is 2.53. The van der Waals surface area contributed by atoms with Gasteiger partial charge in [-0.2, -0.15) is 0 Å². The van der Waals surface area contributed by atoms with Crippen LogP contribution in [0.25, 0.3) is 11.2 Å². The molecule has 3 heterocycles. The SMILES string of the molecule is Cc1ccccc1N1[C@@H](C)c2oc3ccoc3c2C12CCCCC2. The molecule has 0 saturated heterocycles. The number of anilines is 1. The Kier molecular flexibility index (Phi) is 2.91. The van der Waals surface area contributed by atoms with Crippen molar-refractivity contribution in [3.8, 4) is 0 Å². The van der Waals surface area contributed by atoms with Crippen molar-refractivity contribution in [1.29, 1.82) is 0 Å². The van der Waals surface area contributed by atoms with Crippen LogP contribution in [0.15, 0.2) is 45.4 Å². The lowest BCUT2D eigenvalue weighted by atomic mass is 9.77. The molecule has 0 radical (unpaired) electrons. The van der Waals surface area contributed by atoms with Gasteiger partial charge in [0, 0.05) is 11.8 Å². The largest absolute Gasteiger partial charge is 0.460 e. The van der Waals surface area contributed by atoms with Crippen molar-refractivity contribution in [2.45, 2.75) is 57.5 Å². The van der Waals surface area contributed by atoms with E-state index in [1.54, 1.807) is 6.26 Å². The number of aryl methyl sites for hydroxylation is 1. The van der Waals surface area contributed by atoms with Crippen molar-refractivity contribution in [3.05, 3.63) is 53.5 Å². The second-order valence-electron chi connectivity index (χ2n) is 7.38. The number of rotatable bonds is 1. The number of para-hydroxylation sites is 1. The van der Waals surface area contributed by atoms with E-state index in [0.29, 0.717) is 0 Å². The summed E-state index contributed by atoms with van der Waals surface area (Å²) in [5.41, 5.74) is 5.87. The van der Waals surface area contributed by atoms with Gasteiger partial charge in [0.15, 0.2) is 11.2 Å². The summed E-state index contributed by atoms with van der Waals surface area (Å²) >= 11 is 0. The summed E-state index contributed by atoms with van der Waals surface area (Å²) in [4.78, 5) is 2.62. The van der Waals surface area contributed by atoms with Crippen LogP contribution in [-0.2, 0) is 5.54 Å². The van der Waals surface area contributed by atoms with Gasteiger partial charge in [0.2, 0.25) is 0 Å². The van der Waals surface area contributed by atoms with Gasteiger partial charge < -0.3 is 13.7 Å². The van der Waals surface area contributed by atoms with E-state index in [-0.39, 0.29) is 11.6 Å². The Bertz CT molecular complexity index is 898. The van der Waals surface area contributed by atoms with E-state index in [2.05, 4.69) is 43.0 Å². The van der Waals surface area contributed by atoms with Gasteiger partial charge in [-0.1, -0.05) is 37.5 Å².